The van der Waals surface area contributed by atoms with Crippen LogP contribution in [-0.4, -0.2) is 27.2 Å². The SMILES string of the molecule is COc1cc(C2CC(=O)Nc3ccc4ccccc4c32)cc(OC)c1OC. The molecule has 1 heterocycles. The topological polar surface area (TPSA) is 56.8 Å². The first kappa shape index (κ1) is 17.2. The van der Waals surface area contributed by atoms with Crippen LogP contribution in [0.3, 0.4) is 0 Å². The molecule has 0 radical (unpaired) electrons. The zero-order chi connectivity index (χ0) is 19.0. The normalized spacial score (nSPS) is 15.8. The fraction of sp³-hybridized carbons (Fsp3) is 0.227. The van der Waals surface area contributed by atoms with Gasteiger partial charge < -0.3 is 19.5 Å². The molecule has 3 aromatic carbocycles. The Bertz CT molecular complexity index is 1000. The van der Waals surface area contributed by atoms with Crippen molar-refractivity contribution < 1.29 is 19.0 Å². The second-order valence-electron chi connectivity index (χ2n) is 6.51. The van der Waals surface area contributed by atoms with Crippen molar-refractivity contribution in [3.8, 4) is 17.2 Å². The van der Waals surface area contributed by atoms with Crippen molar-refractivity contribution >= 4 is 22.4 Å². The van der Waals surface area contributed by atoms with E-state index in [1.807, 2.05) is 36.4 Å². The Morgan fingerprint density at radius 1 is 0.926 bits per heavy atom. The van der Waals surface area contributed by atoms with E-state index in [-0.39, 0.29) is 11.8 Å². The molecule has 1 N–H and O–H groups in total. The fourth-order valence-electron chi connectivity index (χ4n) is 3.86. The van der Waals surface area contributed by atoms with Gasteiger partial charge >= 0.3 is 0 Å². The Kier molecular flexibility index (Phi) is 4.36. The summed E-state index contributed by atoms with van der Waals surface area (Å²) < 4.78 is 16.4. The molecule has 0 spiro atoms. The summed E-state index contributed by atoms with van der Waals surface area (Å²) in [5.74, 6) is 1.60. The van der Waals surface area contributed by atoms with Crippen molar-refractivity contribution in [1.82, 2.24) is 0 Å². The minimum absolute atomic E-state index is 0.00321. The molecular formula is C22H21NO4. The molecule has 1 atom stereocenters. The molecule has 1 amide bonds. The number of hydrogen-bond donors (Lipinski definition) is 1. The molecule has 0 bridgehead atoms. The highest BCUT2D eigenvalue weighted by molar-refractivity contribution is 6.01. The summed E-state index contributed by atoms with van der Waals surface area (Å²) in [5.41, 5.74) is 2.92. The second kappa shape index (κ2) is 6.83. The van der Waals surface area contributed by atoms with E-state index >= 15 is 0 Å². The lowest BCUT2D eigenvalue weighted by molar-refractivity contribution is -0.116. The summed E-state index contributed by atoms with van der Waals surface area (Å²) in [4.78, 5) is 12.4. The van der Waals surface area contributed by atoms with Crippen molar-refractivity contribution in [1.29, 1.82) is 0 Å². The van der Waals surface area contributed by atoms with E-state index in [4.69, 9.17) is 14.2 Å². The van der Waals surface area contributed by atoms with Gasteiger partial charge in [-0.1, -0.05) is 30.3 Å². The van der Waals surface area contributed by atoms with Crippen LogP contribution >= 0.6 is 0 Å². The van der Waals surface area contributed by atoms with Crippen molar-refractivity contribution in [3.63, 3.8) is 0 Å². The van der Waals surface area contributed by atoms with Crippen LogP contribution in [0, 0.1) is 0 Å². The molecule has 0 saturated heterocycles. The number of ether oxygens (including phenoxy) is 3. The van der Waals surface area contributed by atoms with E-state index in [1.165, 1.54) is 0 Å². The zero-order valence-electron chi connectivity index (χ0n) is 15.5. The van der Waals surface area contributed by atoms with E-state index in [0.717, 1.165) is 27.6 Å². The quantitative estimate of drug-likeness (QED) is 0.749. The smallest absolute Gasteiger partial charge is 0.225 e. The summed E-state index contributed by atoms with van der Waals surface area (Å²) in [6, 6.07) is 16.1. The van der Waals surface area contributed by atoms with Gasteiger partial charge in [-0.2, -0.15) is 0 Å². The van der Waals surface area contributed by atoms with E-state index in [9.17, 15) is 4.79 Å². The molecule has 4 rings (SSSR count). The van der Waals surface area contributed by atoms with E-state index in [2.05, 4.69) is 17.4 Å². The molecule has 5 nitrogen and oxygen atoms in total. The molecule has 138 valence electrons. The van der Waals surface area contributed by atoms with Gasteiger partial charge in [0.2, 0.25) is 11.7 Å². The highest BCUT2D eigenvalue weighted by Crippen LogP contribution is 2.46. The average molecular weight is 363 g/mol. The van der Waals surface area contributed by atoms with Gasteiger partial charge in [-0.3, -0.25) is 4.79 Å². The lowest BCUT2D eigenvalue weighted by Crippen LogP contribution is -2.23. The van der Waals surface area contributed by atoms with Crippen LogP contribution in [0.25, 0.3) is 10.8 Å². The van der Waals surface area contributed by atoms with Crippen LogP contribution in [0.4, 0.5) is 5.69 Å². The lowest BCUT2D eigenvalue weighted by Gasteiger charge is -2.28. The minimum atomic E-state index is -0.103. The highest BCUT2D eigenvalue weighted by atomic mass is 16.5. The molecule has 1 aliphatic rings. The monoisotopic (exact) mass is 363 g/mol. The molecule has 1 aliphatic heterocycles. The van der Waals surface area contributed by atoms with Crippen LogP contribution in [0.15, 0.2) is 48.5 Å². The van der Waals surface area contributed by atoms with Gasteiger partial charge in [-0.05, 0) is 40.1 Å². The maximum absolute atomic E-state index is 12.4. The predicted octanol–water partition coefficient (Wildman–Crippen LogP) is 4.34. The van der Waals surface area contributed by atoms with Crippen molar-refractivity contribution in [3.05, 3.63) is 59.7 Å². The van der Waals surface area contributed by atoms with Crippen LogP contribution in [0.1, 0.15) is 23.5 Å². The third kappa shape index (κ3) is 2.85. The Balaban J connectivity index is 1.96. The van der Waals surface area contributed by atoms with Gasteiger partial charge in [0, 0.05) is 18.0 Å². The van der Waals surface area contributed by atoms with Crippen molar-refractivity contribution in [2.24, 2.45) is 0 Å². The Hall–Kier alpha value is -3.21. The molecule has 1 unspecified atom stereocenters. The van der Waals surface area contributed by atoms with Gasteiger partial charge in [0.05, 0.1) is 21.3 Å². The average Bonchev–Trinajstić information content (AvgIpc) is 2.71. The summed E-state index contributed by atoms with van der Waals surface area (Å²) in [7, 11) is 4.77. The molecular weight excluding hydrogens is 342 g/mol. The first-order valence-corrected chi connectivity index (χ1v) is 8.77. The van der Waals surface area contributed by atoms with Gasteiger partial charge in [-0.25, -0.2) is 0 Å². The molecule has 5 heteroatoms. The number of anilines is 1. The third-order valence-corrected chi connectivity index (χ3v) is 5.07. The number of hydrogen-bond acceptors (Lipinski definition) is 4. The zero-order valence-corrected chi connectivity index (χ0v) is 15.5. The van der Waals surface area contributed by atoms with Crippen LogP contribution < -0.4 is 19.5 Å². The molecule has 3 aromatic rings. The van der Waals surface area contributed by atoms with Gasteiger partial charge in [-0.15, -0.1) is 0 Å². The van der Waals surface area contributed by atoms with Crippen molar-refractivity contribution in [2.75, 3.05) is 26.6 Å². The number of carbonyl (C=O) groups is 1. The Labute approximate surface area is 157 Å². The number of rotatable bonds is 4. The number of nitrogens with one attached hydrogen (secondary N) is 1. The third-order valence-electron chi connectivity index (χ3n) is 5.07. The largest absolute Gasteiger partial charge is 0.493 e. The standard InChI is InChI=1S/C22H21NO4/c1-25-18-10-14(11-19(26-2)22(18)27-3)16-12-20(24)23-17-9-8-13-6-4-5-7-15(13)21(16)17/h4-11,16H,12H2,1-3H3,(H,23,24). The number of fused-ring (bicyclic) bond motifs is 3. The van der Waals surface area contributed by atoms with Crippen LogP contribution in [0.2, 0.25) is 0 Å². The first-order chi connectivity index (χ1) is 13.2. The Morgan fingerprint density at radius 3 is 2.30 bits per heavy atom. The number of benzene rings is 3. The lowest BCUT2D eigenvalue weighted by atomic mass is 9.82. The number of carbonyl (C=O) groups excluding carboxylic acids is 1. The van der Waals surface area contributed by atoms with E-state index in [0.29, 0.717) is 23.7 Å². The molecule has 0 fully saturated rings. The van der Waals surface area contributed by atoms with E-state index in [1.54, 1.807) is 21.3 Å². The summed E-state index contributed by atoms with van der Waals surface area (Å²) in [6.45, 7) is 0. The number of amides is 1. The van der Waals surface area contributed by atoms with Crippen LogP contribution in [-0.2, 0) is 4.79 Å². The molecule has 27 heavy (non-hydrogen) atoms. The van der Waals surface area contributed by atoms with Gasteiger partial charge in [0.15, 0.2) is 11.5 Å². The minimum Gasteiger partial charge on any atom is -0.493 e. The first-order valence-electron chi connectivity index (χ1n) is 8.77. The fourth-order valence-corrected chi connectivity index (χ4v) is 3.86. The summed E-state index contributed by atoms with van der Waals surface area (Å²) in [5, 5.41) is 5.28. The van der Waals surface area contributed by atoms with Crippen molar-refractivity contribution in [2.45, 2.75) is 12.3 Å². The number of methoxy groups -OCH3 is 3. The second-order valence-corrected chi connectivity index (χ2v) is 6.51. The molecule has 0 aromatic heterocycles. The Morgan fingerprint density at radius 2 is 1.63 bits per heavy atom. The van der Waals surface area contributed by atoms with Gasteiger partial charge in [0.1, 0.15) is 0 Å². The maximum atomic E-state index is 12.4. The molecule has 0 saturated carbocycles. The van der Waals surface area contributed by atoms with E-state index < -0.39 is 0 Å². The van der Waals surface area contributed by atoms with Crippen LogP contribution in [0.5, 0.6) is 17.2 Å². The summed E-state index contributed by atoms with van der Waals surface area (Å²) >= 11 is 0. The predicted molar refractivity (Wildman–Crippen MR) is 105 cm³/mol. The molecule has 0 aliphatic carbocycles. The maximum Gasteiger partial charge on any atom is 0.225 e. The summed E-state index contributed by atoms with van der Waals surface area (Å²) in [6.07, 6.45) is 0.361. The van der Waals surface area contributed by atoms with Gasteiger partial charge in [0.25, 0.3) is 0 Å². The highest BCUT2D eigenvalue weighted by Gasteiger charge is 2.30.